The SMILES string of the molecule is CCCCCCCCCCCCCCCC(O)C=COC(CC(=O)O)C[N+](C)(C)C. The number of rotatable bonds is 21. The van der Waals surface area contributed by atoms with Gasteiger partial charge >= 0.3 is 5.97 Å². The van der Waals surface area contributed by atoms with E-state index in [-0.39, 0.29) is 12.5 Å². The second-order valence-electron chi connectivity index (χ2n) is 9.76. The van der Waals surface area contributed by atoms with Crippen molar-refractivity contribution in [2.24, 2.45) is 0 Å². The van der Waals surface area contributed by atoms with Crippen molar-refractivity contribution < 1.29 is 24.2 Å². The van der Waals surface area contributed by atoms with Crippen LogP contribution in [0.1, 0.15) is 103 Å². The molecule has 0 aliphatic carbocycles. The van der Waals surface area contributed by atoms with Crippen molar-refractivity contribution in [2.75, 3.05) is 27.7 Å². The number of carboxylic acid groups (broad SMARTS) is 1. The Balaban J connectivity index is 3.67. The molecule has 178 valence electrons. The molecule has 0 aromatic rings. The summed E-state index contributed by atoms with van der Waals surface area (Å²) < 4.78 is 6.21. The molecule has 2 N–H and O–H groups in total. The molecule has 30 heavy (non-hydrogen) atoms. The van der Waals surface area contributed by atoms with Gasteiger partial charge in [-0.1, -0.05) is 90.4 Å². The van der Waals surface area contributed by atoms with Crippen LogP contribution in [0, 0.1) is 0 Å². The summed E-state index contributed by atoms with van der Waals surface area (Å²) in [5, 5.41) is 19.1. The van der Waals surface area contributed by atoms with Crippen LogP contribution in [0.2, 0.25) is 0 Å². The van der Waals surface area contributed by atoms with Gasteiger partial charge in [0.15, 0.2) is 6.10 Å². The zero-order valence-electron chi connectivity index (χ0n) is 20.3. The molecule has 0 amide bonds. The topological polar surface area (TPSA) is 66.8 Å². The van der Waals surface area contributed by atoms with Crippen molar-refractivity contribution in [3.63, 3.8) is 0 Å². The molecule has 0 aromatic carbocycles. The van der Waals surface area contributed by atoms with Gasteiger partial charge in [-0.3, -0.25) is 4.79 Å². The summed E-state index contributed by atoms with van der Waals surface area (Å²) >= 11 is 0. The summed E-state index contributed by atoms with van der Waals surface area (Å²) in [6.45, 7) is 2.87. The fourth-order valence-corrected chi connectivity index (χ4v) is 3.68. The van der Waals surface area contributed by atoms with Crippen molar-refractivity contribution >= 4 is 5.97 Å². The molecule has 2 unspecified atom stereocenters. The monoisotopic (exact) mass is 428 g/mol. The van der Waals surface area contributed by atoms with Crippen LogP contribution in [-0.2, 0) is 9.53 Å². The maximum atomic E-state index is 11.0. The van der Waals surface area contributed by atoms with E-state index in [1.165, 1.54) is 76.9 Å². The van der Waals surface area contributed by atoms with E-state index in [1.807, 2.05) is 21.1 Å². The minimum Gasteiger partial charge on any atom is -0.492 e. The molecule has 0 aliphatic rings. The highest BCUT2D eigenvalue weighted by Gasteiger charge is 2.21. The van der Waals surface area contributed by atoms with Crippen LogP contribution in [0.25, 0.3) is 0 Å². The largest absolute Gasteiger partial charge is 0.492 e. The highest BCUT2D eigenvalue weighted by atomic mass is 16.5. The molecule has 0 fully saturated rings. The van der Waals surface area contributed by atoms with E-state index in [9.17, 15) is 9.90 Å². The van der Waals surface area contributed by atoms with Gasteiger partial charge in [-0.05, 0) is 12.5 Å². The molecule has 0 aromatic heterocycles. The number of aliphatic hydroxyl groups is 1. The normalized spacial score (nSPS) is 14.2. The number of nitrogens with zero attached hydrogens (tertiary/aromatic N) is 1. The van der Waals surface area contributed by atoms with Crippen LogP contribution in [-0.4, -0.2) is 60.6 Å². The summed E-state index contributed by atoms with van der Waals surface area (Å²) in [5.41, 5.74) is 0. The maximum absolute atomic E-state index is 11.0. The molecule has 0 radical (unpaired) electrons. The van der Waals surface area contributed by atoms with E-state index in [4.69, 9.17) is 9.84 Å². The lowest BCUT2D eigenvalue weighted by Crippen LogP contribution is -2.42. The Hall–Kier alpha value is -1.07. The predicted octanol–water partition coefficient (Wildman–Crippen LogP) is 5.91. The fourth-order valence-electron chi connectivity index (χ4n) is 3.68. The van der Waals surface area contributed by atoms with Crippen LogP contribution < -0.4 is 0 Å². The summed E-state index contributed by atoms with van der Waals surface area (Å²) in [6.07, 6.45) is 20.0. The van der Waals surface area contributed by atoms with E-state index in [0.717, 1.165) is 19.3 Å². The molecule has 0 bridgehead atoms. The summed E-state index contributed by atoms with van der Waals surface area (Å²) in [5.74, 6) is -0.866. The summed E-state index contributed by atoms with van der Waals surface area (Å²) in [6, 6.07) is 0. The molecule has 0 rings (SSSR count). The Morgan fingerprint density at radius 1 is 0.867 bits per heavy atom. The molecule has 5 nitrogen and oxygen atoms in total. The zero-order chi connectivity index (χ0) is 22.7. The van der Waals surface area contributed by atoms with Crippen molar-refractivity contribution in [3.8, 4) is 0 Å². The number of ether oxygens (including phenoxy) is 1. The molecule has 0 aliphatic heterocycles. The molecular weight excluding hydrogens is 378 g/mol. The van der Waals surface area contributed by atoms with Gasteiger partial charge in [0.1, 0.15) is 6.54 Å². The first-order chi connectivity index (χ1) is 14.2. The number of quaternary nitrogens is 1. The quantitative estimate of drug-likeness (QED) is 0.135. The molecule has 0 saturated carbocycles. The first-order valence-electron chi connectivity index (χ1n) is 12.3. The van der Waals surface area contributed by atoms with E-state index < -0.39 is 12.1 Å². The Morgan fingerprint density at radius 3 is 1.77 bits per heavy atom. The smallest absolute Gasteiger partial charge is 0.307 e. The Bertz CT molecular complexity index is 431. The van der Waals surface area contributed by atoms with Crippen LogP contribution >= 0.6 is 0 Å². The van der Waals surface area contributed by atoms with Gasteiger partial charge in [-0.25, -0.2) is 0 Å². The molecule has 5 heteroatoms. The average Bonchev–Trinajstić information content (AvgIpc) is 2.63. The lowest BCUT2D eigenvalue weighted by Gasteiger charge is -2.28. The Labute approximate surface area is 186 Å². The van der Waals surface area contributed by atoms with Crippen LogP contribution in [0.3, 0.4) is 0 Å². The van der Waals surface area contributed by atoms with Crippen molar-refractivity contribution in [1.82, 2.24) is 0 Å². The van der Waals surface area contributed by atoms with Gasteiger partial charge in [0.25, 0.3) is 0 Å². The summed E-state index contributed by atoms with van der Waals surface area (Å²) in [4.78, 5) is 11.0. The highest BCUT2D eigenvalue weighted by molar-refractivity contribution is 5.67. The number of carboxylic acids is 1. The van der Waals surface area contributed by atoms with Crippen LogP contribution in [0.15, 0.2) is 12.3 Å². The zero-order valence-corrected chi connectivity index (χ0v) is 20.3. The molecule has 2 atom stereocenters. The van der Waals surface area contributed by atoms with Crippen molar-refractivity contribution in [3.05, 3.63) is 12.3 Å². The summed E-state index contributed by atoms with van der Waals surface area (Å²) in [7, 11) is 6.02. The van der Waals surface area contributed by atoms with Crippen LogP contribution in [0.4, 0.5) is 0 Å². The minimum atomic E-state index is -0.866. The second-order valence-corrected chi connectivity index (χ2v) is 9.76. The third-order valence-electron chi connectivity index (χ3n) is 5.33. The number of aliphatic hydroxyl groups excluding tert-OH is 1. The lowest BCUT2D eigenvalue weighted by molar-refractivity contribution is -0.873. The molecular formula is C25H50NO4+. The number of hydrogen-bond acceptors (Lipinski definition) is 3. The van der Waals surface area contributed by atoms with E-state index in [1.54, 1.807) is 6.08 Å². The predicted molar refractivity (Wildman–Crippen MR) is 125 cm³/mol. The Kier molecular flexibility index (Phi) is 18.0. The maximum Gasteiger partial charge on any atom is 0.307 e. The third-order valence-corrected chi connectivity index (χ3v) is 5.33. The number of likely N-dealkylation sites (N-methyl/N-ethyl adjacent to an activating group) is 1. The van der Waals surface area contributed by atoms with E-state index in [2.05, 4.69) is 6.92 Å². The third kappa shape index (κ3) is 21.6. The van der Waals surface area contributed by atoms with Gasteiger partial charge < -0.3 is 19.4 Å². The number of unbranched alkanes of at least 4 members (excludes halogenated alkanes) is 12. The minimum absolute atomic E-state index is 0.0329. The van der Waals surface area contributed by atoms with E-state index in [0.29, 0.717) is 11.0 Å². The van der Waals surface area contributed by atoms with Gasteiger partial charge in [-0.15, -0.1) is 0 Å². The number of aliphatic carboxylic acids is 1. The highest BCUT2D eigenvalue weighted by Crippen LogP contribution is 2.14. The standard InChI is InChI=1S/C25H49NO4/c1-5-6-7-8-9-10-11-12-13-14-15-16-17-18-23(27)19-20-30-24(21-25(28)29)22-26(2,3)4/h19-20,23-24,27H,5-18,21-22H2,1-4H3/p+1. The van der Waals surface area contributed by atoms with Crippen LogP contribution in [0.5, 0.6) is 0 Å². The fraction of sp³-hybridized carbons (Fsp3) is 0.880. The van der Waals surface area contributed by atoms with Gasteiger partial charge in [0.2, 0.25) is 0 Å². The lowest BCUT2D eigenvalue weighted by atomic mass is 10.0. The van der Waals surface area contributed by atoms with E-state index >= 15 is 0 Å². The van der Waals surface area contributed by atoms with Gasteiger partial charge in [0.05, 0.1) is 39.9 Å². The molecule has 0 spiro atoms. The van der Waals surface area contributed by atoms with Crippen molar-refractivity contribution in [1.29, 1.82) is 0 Å². The molecule has 0 saturated heterocycles. The Morgan fingerprint density at radius 2 is 1.33 bits per heavy atom. The van der Waals surface area contributed by atoms with Gasteiger partial charge in [0, 0.05) is 0 Å². The number of hydrogen-bond donors (Lipinski definition) is 2. The average molecular weight is 429 g/mol. The second kappa shape index (κ2) is 18.7. The first kappa shape index (κ1) is 28.9. The first-order valence-corrected chi connectivity index (χ1v) is 12.3. The molecule has 0 heterocycles. The number of carbonyl (C=O) groups is 1. The van der Waals surface area contributed by atoms with Gasteiger partial charge in [-0.2, -0.15) is 0 Å². The van der Waals surface area contributed by atoms with Crippen molar-refractivity contribution in [2.45, 2.75) is 115 Å².